The van der Waals surface area contributed by atoms with Gasteiger partial charge in [0, 0.05) is 10.0 Å². The molecule has 0 aliphatic rings. The van der Waals surface area contributed by atoms with Crippen molar-refractivity contribution in [3.8, 4) is 11.3 Å². The summed E-state index contributed by atoms with van der Waals surface area (Å²) in [5.74, 6) is -1.01. The smallest absolute Gasteiger partial charge is 0.353 e. The average Bonchev–Trinajstić information content (AvgIpc) is 2.72. The Balaban J connectivity index is 2.56. The quantitative estimate of drug-likeness (QED) is 0.894. The SMILES string of the molecule is Cc1cc(C)c(Br)c(-c2cc(C(=O)O)[nH]n2)c1. The molecule has 0 aliphatic heterocycles. The van der Waals surface area contributed by atoms with Crippen molar-refractivity contribution in [1.29, 1.82) is 0 Å². The van der Waals surface area contributed by atoms with Crippen LogP contribution in [-0.4, -0.2) is 21.3 Å². The fraction of sp³-hybridized carbons (Fsp3) is 0.167. The lowest BCUT2D eigenvalue weighted by Crippen LogP contribution is -1.95. The summed E-state index contributed by atoms with van der Waals surface area (Å²) >= 11 is 3.50. The van der Waals surface area contributed by atoms with Crippen LogP contribution < -0.4 is 0 Å². The van der Waals surface area contributed by atoms with E-state index >= 15 is 0 Å². The number of nitrogens with zero attached hydrogens (tertiary/aromatic N) is 1. The van der Waals surface area contributed by atoms with E-state index in [0.717, 1.165) is 21.2 Å². The molecule has 1 aromatic heterocycles. The molecule has 0 bridgehead atoms. The molecule has 0 saturated heterocycles. The number of H-pyrrole nitrogens is 1. The summed E-state index contributed by atoms with van der Waals surface area (Å²) < 4.78 is 0.937. The summed E-state index contributed by atoms with van der Waals surface area (Å²) in [6.07, 6.45) is 0. The van der Waals surface area contributed by atoms with E-state index in [-0.39, 0.29) is 5.69 Å². The van der Waals surface area contributed by atoms with Crippen LogP contribution in [0.1, 0.15) is 21.6 Å². The molecule has 88 valence electrons. The van der Waals surface area contributed by atoms with Gasteiger partial charge in [0.25, 0.3) is 0 Å². The number of carboxylic acid groups (broad SMARTS) is 1. The Hall–Kier alpha value is -1.62. The first kappa shape index (κ1) is 11.9. The van der Waals surface area contributed by atoms with Crippen LogP contribution in [-0.2, 0) is 0 Å². The lowest BCUT2D eigenvalue weighted by atomic mass is 10.0. The summed E-state index contributed by atoms with van der Waals surface area (Å²) in [4.78, 5) is 10.8. The number of aromatic nitrogens is 2. The van der Waals surface area contributed by atoms with E-state index in [9.17, 15) is 4.79 Å². The number of carbonyl (C=O) groups is 1. The molecule has 0 atom stereocenters. The molecule has 0 radical (unpaired) electrons. The first-order valence-corrected chi connectivity index (χ1v) is 5.84. The Morgan fingerprint density at radius 1 is 1.35 bits per heavy atom. The van der Waals surface area contributed by atoms with E-state index in [2.05, 4.69) is 32.2 Å². The molecule has 0 spiro atoms. The molecular weight excluding hydrogens is 284 g/mol. The second kappa shape index (κ2) is 4.33. The van der Waals surface area contributed by atoms with E-state index in [4.69, 9.17) is 5.11 Å². The minimum Gasteiger partial charge on any atom is -0.477 e. The zero-order valence-electron chi connectivity index (χ0n) is 9.41. The monoisotopic (exact) mass is 294 g/mol. The average molecular weight is 295 g/mol. The van der Waals surface area contributed by atoms with Crippen LogP contribution in [0, 0.1) is 13.8 Å². The van der Waals surface area contributed by atoms with Crippen LogP contribution in [0.4, 0.5) is 0 Å². The summed E-state index contributed by atoms with van der Waals surface area (Å²) in [6, 6.07) is 5.55. The maximum atomic E-state index is 10.8. The van der Waals surface area contributed by atoms with E-state index in [0.29, 0.717) is 5.69 Å². The number of hydrogen-bond acceptors (Lipinski definition) is 2. The maximum absolute atomic E-state index is 10.8. The van der Waals surface area contributed by atoms with Crippen LogP contribution in [0.2, 0.25) is 0 Å². The zero-order valence-corrected chi connectivity index (χ0v) is 11.0. The normalized spacial score (nSPS) is 10.5. The van der Waals surface area contributed by atoms with Crippen LogP contribution in [0.5, 0.6) is 0 Å². The second-order valence-corrected chi connectivity index (χ2v) is 4.71. The van der Waals surface area contributed by atoms with Gasteiger partial charge >= 0.3 is 5.97 Å². The number of carboxylic acids is 1. The van der Waals surface area contributed by atoms with E-state index in [1.807, 2.05) is 19.9 Å². The van der Waals surface area contributed by atoms with Crippen molar-refractivity contribution in [2.45, 2.75) is 13.8 Å². The Morgan fingerprint density at radius 2 is 2.06 bits per heavy atom. The van der Waals surface area contributed by atoms with Gasteiger partial charge in [-0.15, -0.1) is 0 Å². The molecule has 2 rings (SSSR count). The molecule has 0 saturated carbocycles. The molecule has 1 heterocycles. The van der Waals surface area contributed by atoms with Gasteiger partial charge in [0.15, 0.2) is 0 Å². The van der Waals surface area contributed by atoms with E-state index in [1.54, 1.807) is 0 Å². The van der Waals surface area contributed by atoms with Gasteiger partial charge in [-0.2, -0.15) is 5.10 Å². The summed E-state index contributed by atoms with van der Waals surface area (Å²) in [5, 5.41) is 15.4. The molecule has 2 N–H and O–H groups in total. The number of nitrogens with one attached hydrogen (secondary N) is 1. The molecule has 17 heavy (non-hydrogen) atoms. The lowest BCUT2D eigenvalue weighted by Gasteiger charge is -2.06. The highest BCUT2D eigenvalue weighted by molar-refractivity contribution is 9.10. The first-order valence-electron chi connectivity index (χ1n) is 5.05. The zero-order chi connectivity index (χ0) is 12.6. The number of halogens is 1. The Morgan fingerprint density at radius 3 is 2.65 bits per heavy atom. The van der Waals surface area contributed by atoms with Crippen molar-refractivity contribution in [3.05, 3.63) is 39.5 Å². The van der Waals surface area contributed by atoms with Crippen molar-refractivity contribution < 1.29 is 9.90 Å². The van der Waals surface area contributed by atoms with E-state index < -0.39 is 5.97 Å². The Kier molecular flexibility index (Phi) is 3.02. The third-order valence-electron chi connectivity index (χ3n) is 2.48. The highest BCUT2D eigenvalue weighted by Crippen LogP contribution is 2.31. The fourth-order valence-corrected chi connectivity index (χ4v) is 2.14. The van der Waals surface area contributed by atoms with Crippen molar-refractivity contribution in [2.24, 2.45) is 0 Å². The van der Waals surface area contributed by atoms with Gasteiger partial charge < -0.3 is 5.11 Å². The minimum absolute atomic E-state index is 0.0889. The first-order chi connectivity index (χ1) is 7.99. The topological polar surface area (TPSA) is 66.0 Å². The third kappa shape index (κ3) is 2.24. The van der Waals surface area contributed by atoms with Crippen LogP contribution >= 0.6 is 15.9 Å². The molecular formula is C12H11BrN2O2. The lowest BCUT2D eigenvalue weighted by molar-refractivity contribution is 0.0690. The Labute approximate surface area is 107 Å². The van der Waals surface area contributed by atoms with Crippen molar-refractivity contribution in [3.63, 3.8) is 0 Å². The minimum atomic E-state index is -1.01. The van der Waals surface area contributed by atoms with Crippen LogP contribution in [0.25, 0.3) is 11.3 Å². The van der Waals surface area contributed by atoms with Gasteiger partial charge in [-0.3, -0.25) is 5.10 Å². The fourth-order valence-electron chi connectivity index (χ4n) is 1.71. The van der Waals surface area contributed by atoms with Gasteiger partial charge in [0.05, 0.1) is 5.69 Å². The predicted molar refractivity (Wildman–Crippen MR) is 68.2 cm³/mol. The number of aryl methyl sites for hydroxylation is 2. The Bertz CT molecular complexity index is 590. The molecule has 4 nitrogen and oxygen atoms in total. The van der Waals surface area contributed by atoms with Gasteiger partial charge in [-0.1, -0.05) is 11.6 Å². The molecule has 5 heteroatoms. The molecule has 0 aliphatic carbocycles. The largest absolute Gasteiger partial charge is 0.477 e. The highest BCUT2D eigenvalue weighted by atomic mass is 79.9. The van der Waals surface area contributed by atoms with Crippen molar-refractivity contribution in [1.82, 2.24) is 10.2 Å². The number of aromatic amines is 1. The van der Waals surface area contributed by atoms with Crippen LogP contribution in [0.15, 0.2) is 22.7 Å². The molecule has 0 amide bonds. The number of hydrogen-bond donors (Lipinski definition) is 2. The summed E-state index contributed by atoms with van der Waals surface area (Å²) in [6.45, 7) is 3.99. The standard InChI is InChI=1S/C12H11BrN2O2/c1-6-3-7(2)11(13)8(4-6)9-5-10(12(16)17)15-14-9/h3-5H,1-2H3,(H,14,15)(H,16,17). The summed E-state index contributed by atoms with van der Waals surface area (Å²) in [5.41, 5.74) is 3.82. The van der Waals surface area contributed by atoms with Crippen molar-refractivity contribution >= 4 is 21.9 Å². The number of aromatic carboxylic acids is 1. The van der Waals surface area contributed by atoms with Gasteiger partial charge in [-0.05, 0) is 47.5 Å². The van der Waals surface area contributed by atoms with Gasteiger partial charge in [0.1, 0.15) is 5.69 Å². The van der Waals surface area contributed by atoms with E-state index in [1.165, 1.54) is 6.07 Å². The van der Waals surface area contributed by atoms with Crippen LogP contribution in [0.3, 0.4) is 0 Å². The number of rotatable bonds is 2. The predicted octanol–water partition coefficient (Wildman–Crippen LogP) is 3.15. The van der Waals surface area contributed by atoms with Gasteiger partial charge in [0.2, 0.25) is 0 Å². The number of benzene rings is 1. The molecule has 0 unspecified atom stereocenters. The summed E-state index contributed by atoms with van der Waals surface area (Å²) in [7, 11) is 0. The molecule has 0 fully saturated rings. The molecule has 1 aromatic carbocycles. The molecule has 2 aromatic rings. The van der Waals surface area contributed by atoms with Crippen molar-refractivity contribution in [2.75, 3.05) is 0 Å². The van der Waals surface area contributed by atoms with Gasteiger partial charge in [-0.25, -0.2) is 4.79 Å². The highest BCUT2D eigenvalue weighted by Gasteiger charge is 2.13. The maximum Gasteiger partial charge on any atom is 0.353 e. The third-order valence-corrected chi connectivity index (χ3v) is 3.54. The second-order valence-electron chi connectivity index (χ2n) is 3.92.